The maximum Gasteiger partial charge on any atom is 0.184 e. The molecule has 1 unspecified atom stereocenters. The highest BCUT2D eigenvalue weighted by molar-refractivity contribution is 6.11. The van der Waals surface area contributed by atoms with Crippen LogP contribution >= 0.6 is 0 Å². The molecule has 2 rings (SSSR count). The summed E-state index contributed by atoms with van der Waals surface area (Å²) in [5.74, 6) is 0.600. The SMILES string of the molecule is C=C1C(=O)C2=CC1CCC(=O)CCCC2. The molecule has 0 saturated carbocycles. The van der Waals surface area contributed by atoms with Gasteiger partial charge in [0.1, 0.15) is 5.78 Å². The molecule has 0 fully saturated rings. The summed E-state index contributed by atoms with van der Waals surface area (Å²) in [6.07, 6.45) is 6.77. The third-order valence-electron chi connectivity index (χ3n) is 3.32. The number of fused-ring (bicyclic) bond motifs is 1. The smallest absolute Gasteiger partial charge is 0.184 e. The largest absolute Gasteiger partial charge is 0.300 e. The van der Waals surface area contributed by atoms with Crippen LogP contribution in [-0.4, -0.2) is 11.6 Å². The molecule has 0 saturated heterocycles. The Balaban J connectivity index is 2.16. The van der Waals surface area contributed by atoms with E-state index in [4.69, 9.17) is 0 Å². The van der Waals surface area contributed by atoms with Crippen molar-refractivity contribution in [2.45, 2.75) is 38.5 Å². The zero-order valence-electron chi connectivity index (χ0n) is 8.92. The molecule has 2 nitrogen and oxygen atoms in total. The minimum Gasteiger partial charge on any atom is -0.300 e. The Morgan fingerprint density at radius 3 is 2.67 bits per heavy atom. The molecule has 0 radical (unpaired) electrons. The van der Waals surface area contributed by atoms with Crippen LogP contribution < -0.4 is 0 Å². The van der Waals surface area contributed by atoms with Gasteiger partial charge in [0, 0.05) is 18.8 Å². The van der Waals surface area contributed by atoms with E-state index in [0.717, 1.165) is 31.3 Å². The lowest BCUT2D eigenvalue weighted by molar-refractivity contribution is -0.119. The van der Waals surface area contributed by atoms with Gasteiger partial charge in [-0.1, -0.05) is 12.7 Å². The van der Waals surface area contributed by atoms with Crippen molar-refractivity contribution >= 4 is 11.6 Å². The van der Waals surface area contributed by atoms with E-state index in [2.05, 4.69) is 6.58 Å². The van der Waals surface area contributed by atoms with Gasteiger partial charge in [0.05, 0.1) is 0 Å². The second kappa shape index (κ2) is 4.13. The minimum absolute atomic E-state index is 0.134. The van der Waals surface area contributed by atoms with E-state index in [1.54, 1.807) is 0 Å². The van der Waals surface area contributed by atoms with Gasteiger partial charge in [-0.15, -0.1) is 0 Å². The van der Waals surface area contributed by atoms with Crippen molar-refractivity contribution in [1.82, 2.24) is 0 Å². The number of allylic oxidation sites excluding steroid dienone is 3. The molecular weight excluding hydrogens is 188 g/mol. The van der Waals surface area contributed by atoms with Crippen molar-refractivity contribution in [2.24, 2.45) is 5.92 Å². The van der Waals surface area contributed by atoms with Crippen LogP contribution in [0.5, 0.6) is 0 Å². The van der Waals surface area contributed by atoms with Gasteiger partial charge in [0.25, 0.3) is 0 Å². The Labute approximate surface area is 90.1 Å². The van der Waals surface area contributed by atoms with Crippen molar-refractivity contribution in [3.63, 3.8) is 0 Å². The maximum absolute atomic E-state index is 11.7. The summed E-state index contributed by atoms with van der Waals surface area (Å²) < 4.78 is 0. The maximum atomic E-state index is 11.7. The standard InChI is InChI=1S/C13H16O2/c1-9-10-6-7-12(14)5-3-2-4-11(8-10)13(9)15/h8,10H,1-7H2. The number of hydrogen-bond acceptors (Lipinski definition) is 2. The van der Waals surface area contributed by atoms with Crippen LogP contribution in [0.15, 0.2) is 23.8 Å². The molecule has 0 aliphatic heterocycles. The van der Waals surface area contributed by atoms with Crippen LogP contribution in [0.1, 0.15) is 38.5 Å². The molecule has 0 aromatic carbocycles. The molecule has 0 aromatic heterocycles. The predicted molar refractivity (Wildman–Crippen MR) is 58.4 cm³/mol. The summed E-state index contributed by atoms with van der Waals surface area (Å²) in [6, 6.07) is 0. The first kappa shape index (κ1) is 10.3. The molecular formula is C13H16O2. The summed E-state index contributed by atoms with van der Waals surface area (Å²) in [6.45, 7) is 3.83. The van der Waals surface area contributed by atoms with Crippen LogP contribution in [0.25, 0.3) is 0 Å². The number of carbonyl (C=O) groups excluding carboxylic acids is 2. The Morgan fingerprint density at radius 2 is 1.87 bits per heavy atom. The molecule has 0 N–H and O–H groups in total. The summed E-state index contributed by atoms with van der Waals surface area (Å²) >= 11 is 0. The molecule has 0 amide bonds. The Bertz CT molecular complexity index is 350. The lowest BCUT2D eigenvalue weighted by Crippen LogP contribution is -2.05. The summed E-state index contributed by atoms with van der Waals surface area (Å²) in [4.78, 5) is 23.2. The Kier molecular flexibility index (Phi) is 2.85. The van der Waals surface area contributed by atoms with Gasteiger partial charge in [-0.05, 0) is 36.8 Å². The van der Waals surface area contributed by atoms with Gasteiger partial charge < -0.3 is 0 Å². The van der Waals surface area contributed by atoms with Gasteiger partial charge >= 0.3 is 0 Å². The lowest BCUT2D eigenvalue weighted by atomic mass is 9.96. The zero-order valence-corrected chi connectivity index (χ0v) is 8.92. The summed E-state index contributed by atoms with van der Waals surface area (Å²) in [7, 11) is 0. The molecule has 2 heteroatoms. The first-order valence-corrected chi connectivity index (χ1v) is 5.64. The molecule has 0 aromatic rings. The summed E-state index contributed by atoms with van der Waals surface area (Å²) in [5.41, 5.74) is 1.62. The number of hydrogen-bond donors (Lipinski definition) is 0. The van der Waals surface area contributed by atoms with Crippen LogP contribution in [-0.2, 0) is 9.59 Å². The molecule has 2 aliphatic carbocycles. The normalized spacial score (nSPS) is 27.9. The van der Waals surface area contributed by atoms with E-state index in [9.17, 15) is 9.59 Å². The second-order valence-corrected chi connectivity index (χ2v) is 4.44. The highest BCUT2D eigenvalue weighted by atomic mass is 16.1. The lowest BCUT2D eigenvalue weighted by Gasteiger charge is -2.07. The number of rotatable bonds is 0. The van der Waals surface area contributed by atoms with E-state index >= 15 is 0 Å². The third kappa shape index (κ3) is 2.09. The van der Waals surface area contributed by atoms with E-state index in [0.29, 0.717) is 24.2 Å². The number of carbonyl (C=O) groups is 2. The minimum atomic E-state index is 0.134. The molecule has 2 bridgehead atoms. The first-order valence-electron chi connectivity index (χ1n) is 5.64. The fraction of sp³-hybridized carbons (Fsp3) is 0.538. The Hall–Kier alpha value is -1.18. The average Bonchev–Trinajstić information content (AvgIpc) is 2.49. The van der Waals surface area contributed by atoms with Gasteiger partial charge in [-0.25, -0.2) is 0 Å². The van der Waals surface area contributed by atoms with E-state index < -0.39 is 0 Å². The van der Waals surface area contributed by atoms with Crippen molar-refractivity contribution < 1.29 is 9.59 Å². The van der Waals surface area contributed by atoms with Gasteiger partial charge in [-0.3, -0.25) is 9.59 Å². The number of Topliss-reactive ketones (excluding diaryl/α,β-unsaturated/α-hetero) is 2. The van der Waals surface area contributed by atoms with Gasteiger partial charge in [0.2, 0.25) is 0 Å². The molecule has 15 heavy (non-hydrogen) atoms. The monoisotopic (exact) mass is 204 g/mol. The molecule has 0 spiro atoms. The fourth-order valence-corrected chi connectivity index (χ4v) is 2.33. The second-order valence-electron chi connectivity index (χ2n) is 4.44. The quantitative estimate of drug-likeness (QED) is 0.568. The van der Waals surface area contributed by atoms with Crippen LogP contribution in [0.3, 0.4) is 0 Å². The van der Waals surface area contributed by atoms with Gasteiger partial charge in [0.15, 0.2) is 5.78 Å². The predicted octanol–water partition coefficient (Wildman–Crippen LogP) is 2.59. The fourth-order valence-electron chi connectivity index (χ4n) is 2.33. The molecule has 0 heterocycles. The zero-order chi connectivity index (χ0) is 10.8. The highest BCUT2D eigenvalue weighted by Gasteiger charge is 2.28. The van der Waals surface area contributed by atoms with E-state index in [1.807, 2.05) is 6.08 Å². The van der Waals surface area contributed by atoms with Crippen LogP contribution in [0.4, 0.5) is 0 Å². The van der Waals surface area contributed by atoms with Crippen molar-refractivity contribution in [3.05, 3.63) is 23.8 Å². The third-order valence-corrected chi connectivity index (χ3v) is 3.32. The Morgan fingerprint density at radius 1 is 1.13 bits per heavy atom. The van der Waals surface area contributed by atoms with Crippen LogP contribution in [0.2, 0.25) is 0 Å². The highest BCUT2D eigenvalue weighted by Crippen LogP contribution is 2.32. The summed E-state index contributed by atoms with van der Waals surface area (Å²) in [5, 5.41) is 0. The van der Waals surface area contributed by atoms with Crippen molar-refractivity contribution in [3.8, 4) is 0 Å². The molecule has 2 aliphatic rings. The topological polar surface area (TPSA) is 34.1 Å². The first-order chi connectivity index (χ1) is 7.18. The van der Waals surface area contributed by atoms with Crippen LogP contribution in [0, 0.1) is 5.92 Å². The molecule has 80 valence electrons. The van der Waals surface area contributed by atoms with Crippen molar-refractivity contribution in [2.75, 3.05) is 0 Å². The molecule has 1 atom stereocenters. The average molecular weight is 204 g/mol. The number of ketones is 2. The van der Waals surface area contributed by atoms with Crippen molar-refractivity contribution in [1.29, 1.82) is 0 Å². The van der Waals surface area contributed by atoms with E-state index in [-0.39, 0.29) is 11.7 Å². The van der Waals surface area contributed by atoms with E-state index in [1.165, 1.54) is 0 Å². The van der Waals surface area contributed by atoms with Gasteiger partial charge in [-0.2, -0.15) is 0 Å².